The number of aromatic nitrogens is 1. The van der Waals surface area contributed by atoms with Gasteiger partial charge in [0.05, 0.1) is 23.8 Å². The van der Waals surface area contributed by atoms with Crippen LogP contribution in [0.2, 0.25) is 0 Å². The molecule has 1 aliphatic rings. The molecule has 1 aliphatic heterocycles. The van der Waals surface area contributed by atoms with Crippen LogP contribution >= 0.6 is 0 Å². The lowest BCUT2D eigenvalue weighted by Gasteiger charge is -2.26. The van der Waals surface area contributed by atoms with Gasteiger partial charge in [-0.25, -0.2) is 0 Å². The van der Waals surface area contributed by atoms with Crippen LogP contribution in [-0.2, 0) is 16.1 Å². The molecule has 0 saturated carbocycles. The number of carbonyl (C=O) groups is 2. The SMILES string of the molecule is NC(=O)c1cn(CCC2CC(O)CC(=O)O2)c(-c2ccccc2)c1-c1ccccc1. The van der Waals surface area contributed by atoms with Crippen molar-refractivity contribution in [2.24, 2.45) is 5.73 Å². The van der Waals surface area contributed by atoms with E-state index in [1.165, 1.54) is 0 Å². The highest BCUT2D eigenvalue weighted by Crippen LogP contribution is 2.37. The van der Waals surface area contributed by atoms with Gasteiger partial charge in [0.15, 0.2) is 0 Å². The first kappa shape index (κ1) is 19.9. The number of aliphatic hydroxyl groups excluding tert-OH is 1. The molecular weight excluding hydrogens is 380 g/mol. The molecule has 6 nitrogen and oxygen atoms in total. The average Bonchev–Trinajstić information content (AvgIpc) is 3.13. The van der Waals surface area contributed by atoms with Gasteiger partial charge in [-0.3, -0.25) is 9.59 Å². The molecule has 3 aromatic rings. The molecule has 0 bridgehead atoms. The Morgan fingerprint density at radius 2 is 1.70 bits per heavy atom. The smallest absolute Gasteiger partial charge is 0.308 e. The second kappa shape index (κ2) is 8.55. The molecule has 4 rings (SSSR count). The molecule has 0 radical (unpaired) electrons. The number of hydrogen-bond donors (Lipinski definition) is 2. The van der Waals surface area contributed by atoms with Crippen molar-refractivity contribution in [2.75, 3.05) is 0 Å². The molecule has 1 amide bonds. The first-order valence-corrected chi connectivity index (χ1v) is 10.0. The number of hydrogen-bond acceptors (Lipinski definition) is 4. The van der Waals surface area contributed by atoms with Gasteiger partial charge in [-0.05, 0) is 11.1 Å². The van der Waals surface area contributed by atoms with Gasteiger partial charge in [0.25, 0.3) is 5.91 Å². The van der Waals surface area contributed by atoms with Crippen molar-refractivity contribution in [1.29, 1.82) is 0 Å². The highest BCUT2D eigenvalue weighted by atomic mass is 16.5. The molecular formula is C24H24N2O4. The lowest BCUT2D eigenvalue weighted by atomic mass is 9.97. The van der Waals surface area contributed by atoms with Crippen molar-refractivity contribution in [2.45, 2.75) is 38.0 Å². The number of benzene rings is 2. The van der Waals surface area contributed by atoms with Gasteiger partial charge in [0.2, 0.25) is 0 Å². The Morgan fingerprint density at radius 1 is 1.07 bits per heavy atom. The first-order valence-electron chi connectivity index (χ1n) is 10.0. The van der Waals surface area contributed by atoms with Crippen molar-refractivity contribution in [3.63, 3.8) is 0 Å². The minimum Gasteiger partial charge on any atom is -0.462 e. The zero-order valence-electron chi connectivity index (χ0n) is 16.5. The van der Waals surface area contributed by atoms with Crippen LogP contribution in [0.3, 0.4) is 0 Å². The number of nitrogens with two attached hydrogens (primary N) is 1. The Bertz CT molecular complexity index is 1040. The molecule has 0 spiro atoms. The number of esters is 1. The third kappa shape index (κ3) is 4.14. The minimum atomic E-state index is -0.671. The number of aryl methyl sites for hydroxylation is 1. The fourth-order valence-electron chi connectivity index (χ4n) is 4.04. The molecule has 2 atom stereocenters. The van der Waals surface area contributed by atoms with E-state index in [2.05, 4.69) is 0 Å². The third-order valence-electron chi connectivity index (χ3n) is 5.38. The van der Waals surface area contributed by atoms with Crippen LogP contribution < -0.4 is 5.73 Å². The summed E-state index contributed by atoms with van der Waals surface area (Å²) in [5, 5.41) is 9.88. The fourth-order valence-corrected chi connectivity index (χ4v) is 4.04. The van der Waals surface area contributed by atoms with E-state index < -0.39 is 12.0 Å². The lowest BCUT2D eigenvalue weighted by Crippen LogP contribution is -2.33. The van der Waals surface area contributed by atoms with E-state index in [0.29, 0.717) is 24.9 Å². The summed E-state index contributed by atoms with van der Waals surface area (Å²) in [5.41, 5.74) is 9.72. The van der Waals surface area contributed by atoms with Crippen molar-refractivity contribution in [1.82, 2.24) is 4.57 Å². The number of carbonyl (C=O) groups excluding carboxylic acids is 2. The van der Waals surface area contributed by atoms with Crippen LogP contribution in [0.4, 0.5) is 0 Å². The largest absolute Gasteiger partial charge is 0.462 e. The zero-order valence-corrected chi connectivity index (χ0v) is 16.5. The van der Waals surface area contributed by atoms with E-state index in [4.69, 9.17) is 10.5 Å². The van der Waals surface area contributed by atoms with E-state index >= 15 is 0 Å². The maximum absolute atomic E-state index is 12.3. The molecule has 2 unspecified atom stereocenters. The maximum atomic E-state index is 12.3. The Kier molecular flexibility index (Phi) is 5.68. The summed E-state index contributed by atoms with van der Waals surface area (Å²) in [6, 6.07) is 19.5. The number of nitrogens with zero attached hydrogens (tertiary/aromatic N) is 1. The lowest BCUT2D eigenvalue weighted by molar-refractivity contribution is -0.160. The average molecular weight is 404 g/mol. The van der Waals surface area contributed by atoms with E-state index in [1.807, 2.05) is 65.2 Å². The molecule has 2 heterocycles. The summed E-state index contributed by atoms with van der Waals surface area (Å²) in [4.78, 5) is 24.0. The predicted octanol–water partition coefficient (Wildman–Crippen LogP) is 3.38. The van der Waals surface area contributed by atoms with Crippen LogP contribution in [0.1, 0.15) is 29.6 Å². The molecule has 1 aromatic heterocycles. The van der Waals surface area contributed by atoms with Crippen molar-refractivity contribution < 1.29 is 19.4 Å². The van der Waals surface area contributed by atoms with E-state index in [0.717, 1.165) is 22.4 Å². The van der Waals surface area contributed by atoms with Gasteiger partial charge in [-0.1, -0.05) is 60.7 Å². The van der Waals surface area contributed by atoms with Gasteiger partial charge < -0.3 is 20.1 Å². The second-order valence-corrected chi connectivity index (χ2v) is 7.55. The summed E-state index contributed by atoms with van der Waals surface area (Å²) in [7, 11) is 0. The monoisotopic (exact) mass is 404 g/mol. The normalized spacial score (nSPS) is 18.8. The van der Waals surface area contributed by atoms with E-state index in [-0.39, 0.29) is 18.5 Å². The zero-order chi connectivity index (χ0) is 21.1. The Balaban J connectivity index is 1.76. The summed E-state index contributed by atoms with van der Waals surface area (Å²) >= 11 is 0. The fraction of sp³-hybridized carbons (Fsp3) is 0.250. The number of amides is 1. The van der Waals surface area contributed by atoms with Crippen LogP contribution in [0.25, 0.3) is 22.4 Å². The maximum Gasteiger partial charge on any atom is 0.308 e. The summed E-state index contributed by atoms with van der Waals surface area (Å²) in [5.74, 6) is -0.873. The van der Waals surface area contributed by atoms with E-state index in [1.54, 1.807) is 6.20 Å². The predicted molar refractivity (Wildman–Crippen MR) is 114 cm³/mol. The molecule has 0 aliphatic carbocycles. The van der Waals surface area contributed by atoms with Gasteiger partial charge in [-0.2, -0.15) is 0 Å². The van der Waals surface area contributed by atoms with Gasteiger partial charge in [-0.15, -0.1) is 0 Å². The number of rotatable bonds is 6. The van der Waals surface area contributed by atoms with Gasteiger partial charge >= 0.3 is 5.97 Å². The molecule has 154 valence electrons. The van der Waals surface area contributed by atoms with Crippen LogP contribution in [0.5, 0.6) is 0 Å². The first-order chi connectivity index (χ1) is 14.5. The third-order valence-corrected chi connectivity index (χ3v) is 5.38. The summed E-state index contributed by atoms with van der Waals surface area (Å²) in [6.45, 7) is 0.516. The Hall–Kier alpha value is -3.38. The van der Waals surface area contributed by atoms with Gasteiger partial charge in [0, 0.05) is 31.1 Å². The van der Waals surface area contributed by atoms with Crippen LogP contribution in [0, 0.1) is 0 Å². The van der Waals surface area contributed by atoms with E-state index in [9.17, 15) is 14.7 Å². The standard InChI is InChI=1S/C24H24N2O4/c25-24(29)20-15-26(12-11-19-13-18(27)14-21(28)30-19)23(17-9-5-2-6-10-17)22(20)16-7-3-1-4-8-16/h1-10,15,18-19,27H,11-14H2,(H2,25,29). The molecule has 30 heavy (non-hydrogen) atoms. The Labute approximate surface area is 174 Å². The van der Waals surface area contributed by atoms with Crippen molar-refractivity contribution in [3.05, 3.63) is 72.4 Å². The van der Waals surface area contributed by atoms with Crippen LogP contribution in [0.15, 0.2) is 66.9 Å². The van der Waals surface area contributed by atoms with Crippen molar-refractivity contribution >= 4 is 11.9 Å². The quantitative estimate of drug-likeness (QED) is 0.616. The number of aliphatic hydroxyl groups is 1. The minimum absolute atomic E-state index is 0.0409. The van der Waals surface area contributed by atoms with Crippen LogP contribution in [-0.4, -0.2) is 33.8 Å². The number of primary amides is 1. The summed E-state index contributed by atoms with van der Waals surface area (Å²) < 4.78 is 7.38. The number of ether oxygens (including phenoxy) is 1. The highest BCUT2D eigenvalue weighted by Gasteiger charge is 2.28. The number of cyclic esters (lactones) is 1. The van der Waals surface area contributed by atoms with Gasteiger partial charge in [0.1, 0.15) is 6.10 Å². The molecule has 3 N–H and O–H groups in total. The molecule has 2 aromatic carbocycles. The highest BCUT2D eigenvalue weighted by molar-refractivity contribution is 6.04. The van der Waals surface area contributed by atoms with Crippen molar-refractivity contribution in [3.8, 4) is 22.4 Å². The Morgan fingerprint density at radius 3 is 2.30 bits per heavy atom. The topological polar surface area (TPSA) is 94.5 Å². The molecule has 1 fully saturated rings. The second-order valence-electron chi connectivity index (χ2n) is 7.55. The summed E-state index contributed by atoms with van der Waals surface area (Å²) in [6.07, 6.45) is 1.74. The molecule has 6 heteroatoms. The molecule has 1 saturated heterocycles.